The van der Waals surface area contributed by atoms with E-state index in [4.69, 9.17) is 0 Å². The maximum absolute atomic E-state index is 2.70. The largest absolute Gasteiger partial charge is 0.310 e. The second-order valence-electron chi connectivity index (χ2n) is 25.0. The minimum Gasteiger partial charge on any atom is -0.310 e. The lowest BCUT2D eigenvalue weighted by Crippen LogP contribution is -2.46. The van der Waals surface area contributed by atoms with E-state index in [-0.39, 0.29) is 16.7 Å². The van der Waals surface area contributed by atoms with Crippen molar-refractivity contribution in [2.45, 2.75) is 106 Å². The van der Waals surface area contributed by atoms with Gasteiger partial charge in [-0.1, -0.05) is 119 Å². The van der Waals surface area contributed by atoms with Crippen molar-refractivity contribution in [1.29, 1.82) is 0 Å². The van der Waals surface area contributed by atoms with Gasteiger partial charge in [0.25, 0.3) is 0 Å². The molecule has 0 saturated carbocycles. The maximum atomic E-state index is 2.70. The van der Waals surface area contributed by atoms with Crippen LogP contribution in [0.5, 0.6) is 0 Å². The highest BCUT2D eigenvalue weighted by Gasteiger charge is 2.44. The Morgan fingerprint density at radius 1 is 0.392 bits per heavy atom. The zero-order valence-electron chi connectivity index (χ0n) is 47.9. The van der Waals surface area contributed by atoms with Gasteiger partial charge in [0.1, 0.15) is 0 Å². The van der Waals surface area contributed by atoms with E-state index in [0.29, 0.717) is 0 Å². The number of aryl methyl sites for hydroxylation is 8. The van der Waals surface area contributed by atoms with E-state index in [1.54, 1.807) is 0 Å². The summed E-state index contributed by atoms with van der Waals surface area (Å²) in [6.45, 7) is 27.5. The molecule has 1 atom stereocenters. The first-order valence-electron chi connectivity index (χ1n) is 28.5. The smallest absolute Gasteiger partial charge is 0.0582 e. The molecule has 0 N–H and O–H groups in total. The van der Waals surface area contributed by atoms with Crippen molar-refractivity contribution in [2.75, 3.05) is 9.80 Å². The Hall–Kier alpha value is -8.40. The summed E-state index contributed by atoms with van der Waals surface area (Å²) in [6.07, 6.45) is 3.61. The zero-order valence-corrected chi connectivity index (χ0v) is 47.9. The van der Waals surface area contributed by atoms with Crippen molar-refractivity contribution < 1.29 is 0 Å². The minimum atomic E-state index is -0.218. The minimum absolute atomic E-state index is 0.159. The van der Waals surface area contributed by atoms with Crippen molar-refractivity contribution in [1.82, 2.24) is 4.57 Å². The first-order valence-corrected chi connectivity index (χ1v) is 28.5. The third kappa shape index (κ3) is 7.83. The van der Waals surface area contributed by atoms with Crippen LogP contribution >= 0.6 is 0 Å². The van der Waals surface area contributed by atoms with Crippen LogP contribution in [-0.4, -0.2) is 4.57 Å². The Morgan fingerprint density at radius 2 is 0.835 bits per heavy atom. The Morgan fingerprint density at radius 3 is 1.34 bits per heavy atom. The summed E-state index contributed by atoms with van der Waals surface area (Å²) in [5.41, 5.74) is 29.2. The number of hydrogen-bond donors (Lipinski definition) is 0. The molecule has 3 heterocycles. The molecule has 1 unspecified atom stereocenters. The van der Waals surface area contributed by atoms with Gasteiger partial charge in [0.15, 0.2) is 0 Å². The van der Waals surface area contributed by atoms with Crippen molar-refractivity contribution in [3.05, 3.63) is 253 Å². The Labute approximate surface area is 466 Å². The van der Waals surface area contributed by atoms with Gasteiger partial charge in [-0.05, 0) is 258 Å². The molecule has 0 saturated heterocycles. The number of para-hydroxylation sites is 1. The number of rotatable bonds is 8. The average Bonchev–Trinajstić information content (AvgIpc) is 4.00. The lowest BCUT2D eigenvalue weighted by molar-refractivity contribution is 0.587. The fourth-order valence-electron chi connectivity index (χ4n) is 14.6. The van der Waals surface area contributed by atoms with E-state index in [2.05, 4.69) is 279 Å². The Balaban J connectivity index is 0.906. The lowest BCUT2D eigenvalue weighted by atomic mass is 9.66. The van der Waals surface area contributed by atoms with Crippen LogP contribution in [0, 0.1) is 55.4 Å². The normalized spacial score (nSPS) is 15.4. The van der Waals surface area contributed by atoms with Gasteiger partial charge in [0, 0.05) is 61.5 Å². The molecule has 3 aliphatic rings. The molecule has 79 heavy (non-hydrogen) atoms. The van der Waals surface area contributed by atoms with Gasteiger partial charge in [-0.2, -0.15) is 0 Å². The van der Waals surface area contributed by atoms with Crippen LogP contribution in [0.3, 0.4) is 0 Å². The number of aromatic nitrogens is 1. The molecular formula is C76H69N3. The molecule has 1 aliphatic carbocycles. The van der Waals surface area contributed by atoms with Crippen molar-refractivity contribution in [3.8, 4) is 16.8 Å². The number of anilines is 6. The molecule has 0 radical (unpaired) electrons. The van der Waals surface area contributed by atoms with Crippen molar-refractivity contribution in [2.24, 2.45) is 0 Å². The summed E-state index contributed by atoms with van der Waals surface area (Å²) < 4.78 is 2.70. The fourth-order valence-corrected chi connectivity index (χ4v) is 14.6. The predicted molar refractivity (Wildman–Crippen MR) is 337 cm³/mol. The summed E-state index contributed by atoms with van der Waals surface area (Å²) >= 11 is 0. The van der Waals surface area contributed by atoms with Crippen molar-refractivity contribution >= 4 is 78.2 Å². The Bertz CT molecular complexity index is 4390. The second kappa shape index (κ2) is 17.6. The molecule has 0 bridgehead atoms. The number of nitrogens with zero attached hydrogens (tertiary/aromatic N) is 3. The van der Waals surface area contributed by atoms with Crippen LogP contribution in [0.4, 0.5) is 34.1 Å². The highest BCUT2D eigenvalue weighted by molar-refractivity contribution is 5.99. The topological polar surface area (TPSA) is 11.4 Å². The summed E-state index contributed by atoms with van der Waals surface area (Å²) in [5.74, 6) is 0.208. The van der Waals surface area contributed by atoms with Gasteiger partial charge in [0.2, 0.25) is 0 Å². The summed E-state index contributed by atoms with van der Waals surface area (Å²) in [4.78, 5) is 4.86. The molecule has 11 aromatic rings. The average molecular weight is 1020 g/mol. The first kappa shape index (κ1) is 48.9. The molecule has 10 aromatic carbocycles. The van der Waals surface area contributed by atoms with E-state index in [9.17, 15) is 0 Å². The molecule has 0 spiro atoms. The number of benzene rings is 10. The van der Waals surface area contributed by atoms with Gasteiger partial charge in [-0.25, -0.2) is 0 Å². The summed E-state index contributed by atoms with van der Waals surface area (Å²) in [5, 5.41) is 9.12. The number of fused-ring (bicyclic) bond motifs is 3. The maximum Gasteiger partial charge on any atom is 0.0582 e. The van der Waals surface area contributed by atoms with E-state index in [1.807, 2.05) is 0 Å². The van der Waals surface area contributed by atoms with Gasteiger partial charge in [-0.3, -0.25) is 0 Å². The lowest BCUT2D eigenvalue weighted by Gasteiger charge is -2.43. The van der Waals surface area contributed by atoms with E-state index in [1.165, 1.54) is 161 Å². The molecule has 388 valence electrons. The molecular weight excluding hydrogens is 955 g/mol. The van der Waals surface area contributed by atoms with Crippen molar-refractivity contribution in [3.63, 3.8) is 0 Å². The molecule has 3 heteroatoms. The van der Waals surface area contributed by atoms with Gasteiger partial charge in [-0.15, -0.1) is 0 Å². The molecule has 2 aliphatic heterocycles. The van der Waals surface area contributed by atoms with Crippen LogP contribution in [0.1, 0.15) is 107 Å². The fraction of sp³-hybridized carbons (Fsp3) is 0.211. The molecule has 3 nitrogen and oxygen atoms in total. The van der Waals surface area contributed by atoms with Gasteiger partial charge < -0.3 is 14.4 Å². The van der Waals surface area contributed by atoms with Crippen LogP contribution in [0.2, 0.25) is 0 Å². The standard InChI is InChI=1S/C76H69N3/c1-44-24-45(2)29-62(28-44)77(63-30-46(3)25-47(4)31-63)60-22-20-52-36-54(16-18-56(52)38-60)58-40-66-67-41-59(43-71-73(67)79-72(66)70(42-58)75(9,10)68-14-13-15-69(74(68)79)76(71,11)12)55-17-19-57-39-61(23-21-53(57)37-55)78(64-32-48(5)26-49(6)33-64)65-34-50(7)27-51(8)35-65/h13-42,59H,43H2,1-12H3. The SMILES string of the molecule is Cc1cc(C)cc(N(c2cc(C)cc(C)c2)c2ccc3cc(-c4cc5c6c(c4)c4c7n6-c6c(cccc6C5(C)C)C(C)(C)C=7CC(c5ccc6cc(N(c7cc(C)cc(C)c7)c7cc(C)cc(C)c7)ccc6c5)C=4)ccc3c2)c1. The summed E-state index contributed by atoms with van der Waals surface area (Å²) in [7, 11) is 0. The van der Waals surface area contributed by atoms with E-state index >= 15 is 0 Å². The highest BCUT2D eigenvalue weighted by Crippen LogP contribution is 2.53. The van der Waals surface area contributed by atoms with Crippen LogP contribution in [0.15, 0.2) is 176 Å². The van der Waals surface area contributed by atoms with E-state index < -0.39 is 0 Å². The first-order chi connectivity index (χ1) is 37.9. The second-order valence-corrected chi connectivity index (χ2v) is 25.0. The quantitative estimate of drug-likeness (QED) is 0.150. The monoisotopic (exact) mass is 1020 g/mol. The third-order valence-corrected chi connectivity index (χ3v) is 18.0. The van der Waals surface area contributed by atoms with Gasteiger partial charge >= 0.3 is 0 Å². The predicted octanol–water partition coefficient (Wildman–Crippen LogP) is 19.1. The van der Waals surface area contributed by atoms with Gasteiger partial charge in [0.05, 0.1) is 16.6 Å². The van der Waals surface area contributed by atoms with Crippen LogP contribution in [0.25, 0.3) is 60.9 Å². The summed E-state index contributed by atoms with van der Waals surface area (Å²) in [6, 6.07) is 68.2. The number of hydrogen-bond acceptors (Lipinski definition) is 2. The molecule has 14 rings (SSSR count). The Kier molecular flexibility index (Phi) is 10.9. The van der Waals surface area contributed by atoms with Crippen LogP contribution in [-0.2, 0) is 10.8 Å². The van der Waals surface area contributed by atoms with Crippen LogP contribution < -0.4 is 20.4 Å². The molecule has 1 aromatic heterocycles. The molecule has 0 amide bonds. The zero-order chi connectivity index (χ0) is 54.6. The van der Waals surface area contributed by atoms with E-state index in [0.717, 1.165) is 12.1 Å². The molecule has 0 fully saturated rings. The highest BCUT2D eigenvalue weighted by atomic mass is 15.1. The third-order valence-electron chi connectivity index (χ3n) is 18.0.